The van der Waals surface area contributed by atoms with Gasteiger partial charge in [-0.1, -0.05) is 51.1 Å². The number of aliphatic carboxylic acids is 1. The predicted octanol–water partition coefficient (Wildman–Crippen LogP) is 6.14. The molecule has 2 aromatic rings. The highest BCUT2D eigenvalue weighted by Crippen LogP contribution is 2.44. The van der Waals surface area contributed by atoms with E-state index in [4.69, 9.17) is 9.16 Å². The van der Waals surface area contributed by atoms with Crippen LogP contribution in [0, 0.1) is 12.8 Å². The van der Waals surface area contributed by atoms with Crippen molar-refractivity contribution in [2.24, 2.45) is 5.92 Å². The van der Waals surface area contributed by atoms with Gasteiger partial charge >= 0.3 is 5.97 Å². The van der Waals surface area contributed by atoms with E-state index in [1.165, 1.54) is 11.1 Å². The van der Waals surface area contributed by atoms with Gasteiger partial charge in [-0.15, -0.1) is 0 Å². The molecular formula is C29H41NO4Si. The molecule has 5 nitrogen and oxygen atoms in total. The van der Waals surface area contributed by atoms with Crippen molar-refractivity contribution >= 4 is 14.3 Å². The van der Waals surface area contributed by atoms with Crippen LogP contribution >= 0.6 is 0 Å². The van der Waals surface area contributed by atoms with E-state index in [1.54, 1.807) is 0 Å². The Bertz CT molecular complexity index is 1070. The first-order valence-electron chi connectivity index (χ1n) is 12.9. The maximum absolute atomic E-state index is 12.3. The van der Waals surface area contributed by atoms with E-state index in [0.717, 1.165) is 42.8 Å². The third kappa shape index (κ3) is 5.50. The van der Waals surface area contributed by atoms with Crippen LogP contribution in [0.15, 0.2) is 42.5 Å². The highest BCUT2D eigenvalue weighted by Gasteiger charge is 2.43. The van der Waals surface area contributed by atoms with E-state index >= 15 is 0 Å². The lowest BCUT2D eigenvalue weighted by Gasteiger charge is -2.40. The zero-order chi connectivity index (χ0) is 25.4. The molecule has 1 atom stereocenters. The largest absolute Gasteiger partial charge is 0.543 e. The molecule has 35 heavy (non-hydrogen) atoms. The second-order valence-electron chi connectivity index (χ2n) is 11.9. The smallest absolute Gasteiger partial charge is 0.308 e. The standard InChI is InChI=1S/C29H41NO4Si/c1-21-11-12-25(34-35(5,6)28(2,3)4)18-23(21)17-24(27(31)32)19-30-15-13-29(14-16-30)26-10-8-7-9-22(26)20-33-29/h7-12,18,24H,13-17,19-20H2,1-6H3,(H,31,32). The van der Waals surface area contributed by atoms with Crippen molar-refractivity contribution < 1.29 is 19.1 Å². The first kappa shape index (κ1) is 25.9. The number of carboxylic acid groups (broad SMARTS) is 1. The van der Waals surface area contributed by atoms with Crippen molar-refractivity contribution in [1.82, 2.24) is 4.90 Å². The molecule has 1 N–H and O–H groups in total. The van der Waals surface area contributed by atoms with Gasteiger partial charge in [-0.3, -0.25) is 4.79 Å². The fraction of sp³-hybridized carbons (Fsp3) is 0.552. The van der Waals surface area contributed by atoms with Crippen molar-refractivity contribution in [2.75, 3.05) is 19.6 Å². The van der Waals surface area contributed by atoms with Crippen LogP contribution in [0.4, 0.5) is 0 Å². The lowest BCUT2D eigenvalue weighted by atomic mass is 9.83. The number of piperidine rings is 1. The van der Waals surface area contributed by atoms with E-state index in [9.17, 15) is 9.90 Å². The van der Waals surface area contributed by atoms with Crippen molar-refractivity contribution in [2.45, 2.75) is 77.3 Å². The lowest BCUT2D eigenvalue weighted by molar-refractivity contribution is -0.143. The minimum atomic E-state index is -1.96. The minimum Gasteiger partial charge on any atom is -0.543 e. The average Bonchev–Trinajstić information content (AvgIpc) is 3.14. The van der Waals surface area contributed by atoms with Crippen molar-refractivity contribution in [3.05, 3.63) is 64.7 Å². The van der Waals surface area contributed by atoms with E-state index in [1.807, 2.05) is 6.07 Å². The van der Waals surface area contributed by atoms with Crippen molar-refractivity contribution in [3.8, 4) is 5.75 Å². The van der Waals surface area contributed by atoms with Crippen LogP contribution in [-0.4, -0.2) is 43.9 Å². The molecule has 0 bridgehead atoms. The number of aryl methyl sites for hydroxylation is 1. The zero-order valence-electron chi connectivity index (χ0n) is 22.2. The molecule has 0 saturated carbocycles. The Kier molecular flexibility index (Phi) is 7.20. The normalized spacial score (nSPS) is 18.9. The lowest BCUT2D eigenvalue weighted by Crippen LogP contribution is -2.45. The minimum absolute atomic E-state index is 0.108. The summed E-state index contributed by atoms with van der Waals surface area (Å²) in [7, 11) is -1.96. The number of hydrogen-bond acceptors (Lipinski definition) is 4. The van der Waals surface area contributed by atoms with Gasteiger partial charge in [-0.2, -0.15) is 0 Å². The fourth-order valence-electron chi connectivity index (χ4n) is 5.08. The summed E-state index contributed by atoms with van der Waals surface area (Å²) in [5.41, 5.74) is 4.60. The summed E-state index contributed by atoms with van der Waals surface area (Å²) in [6.07, 6.45) is 2.33. The molecule has 1 spiro atoms. The molecule has 2 aromatic carbocycles. The van der Waals surface area contributed by atoms with Gasteiger partial charge in [-0.25, -0.2) is 0 Å². The van der Waals surface area contributed by atoms with Crippen LogP contribution < -0.4 is 4.43 Å². The maximum Gasteiger partial charge on any atom is 0.308 e. The van der Waals surface area contributed by atoms with Gasteiger partial charge < -0.3 is 19.2 Å². The maximum atomic E-state index is 12.3. The molecule has 1 fully saturated rings. The Morgan fingerprint density at radius 2 is 1.86 bits per heavy atom. The molecule has 190 valence electrons. The molecule has 0 aliphatic carbocycles. The van der Waals surface area contributed by atoms with Crippen LogP contribution in [0.5, 0.6) is 5.75 Å². The molecule has 0 radical (unpaired) electrons. The summed E-state index contributed by atoms with van der Waals surface area (Å²) in [4.78, 5) is 14.6. The first-order chi connectivity index (χ1) is 16.4. The average molecular weight is 496 g/mol. The van der Waals surface area contributed by atoms with Gasteiger partial charge in [0.25, 0.3) is 0 Å². The molecule has 2 aliphatic rings. The first-order valence-corrected chi connectivity index (χ1v) is 15.8. The Hall–Kier alpha value is -2.15. The number of likely N-dealkylation sites (tertiary alicyclic amines) is 1. The Morgan fingerprint density at radius 1 is 1.17 bits per heavy atom. The summed E-state index contributed by atoms with van der Waals surface area (Å²) < 4.78 is 12.8. The Labute approximate surface area is 211 Å². The molecular weight excluding hydrogens is 454 g/mol. The third-order valence-electron chi connectivity index (χ3n) is 8.47. The van der Waals surface area contributed by atoms with Gasteiger partial charge in [-0.05, 0) is 78.7 Å². The Morgan fingerprint density at radius 3 is 2.51 bits per heavy atom. The van der Waals surface area contributed by atoms with E-state index < -0.39 is 20.2 Å². The molecule has 1 saturated heterocycles. The number of rotatable bonds is 7. The van der Waals surface area contributed by atoms with Crippen LogP contribution in [0.2, 0.25) is 18.1 Å². The van der Waals surface area contributed by atoms with Gasteiger partial charge in [0.2, 0.25) is 8.32 Å². The van der Waals surface area contributed by atoms with E-state index in [0.29, 0.717) is 19.6 Å². The Balaban J connectivity index is 1.42. The molecule has 0 amide bonds. The summed E-state index contributed by atoms with van der Waals surface area (Å²) in [5, 5.41) is 10.2. The zero-order valence-corrected chi connectivity index (χ0v) is 23.2. The van der Waals surface area contributed by atoms with E-state index in [-0.39, 0.29) is 10.6 Å². The van der Waals surface area contributed by atoms with Crippen LogP contribution in [0.25, 0.3) is 0 Å². The number of carbonyl (C=O) groups is 1. The van der Waals surface area contributed by atoms with Gasteiger partial charge in [0.15, 0.2) is 0 Å². The van der Waals surface area contributed by atoms with Crippen LogP contribution in [0.3, 0.4) is 0 Å². The molecule has 2 aliphatic heterocycles. The van der Waals surface area contributed by atoms with Crippen molar-refractivity contribution in [3.63, 3.8) is 0 Å². The van der Waals surface area contributed by atoms with E-state index in [2.05, 4.69) is 82.1 Å². The topological polar surface area (TPSA) is 59.0 Å². The van der Waals surface area contributed by atoms with Gasteiger partial charge in [0.1, 0.15) is 5.75 Å². The predicted molar refractivity (Wildman–Crippen MR) is 142 cm³/mol. The number of carboxylic acids is 1. The molecule has 0 aromatic heterocycles. The highest BCUT2D eigenvalue weighted by atomic mass is 28.4. The quantitative estimate of drug-likeness (QED) is 0.467. The second kappa shape index (κ2) is 9.72. The summed E-state index contributed by atoms with van der Waals surface area (Å²) >= 11 is 0. The van der Waals surface area contributed by atoms with Gasteiger partial charge in [0.05, 0.1) is 18.1 Å². The SMILES string of the molecule is Cc1ccc(O[Si](C)(C)C(C)(C)C)cc1CC(CN1CCC2(CC1)OCc1ccccc12)C(=O)O. The number of hydrogen-bond donors (Lipinski definition) is 1. The van der Waals surface area contributed by atoms with Crippen molar-refractivity contribution in [1.29, 1.82) is 0 Å². The van der Waals surface area contributed by atoms with Crippen LogP contribution in [-0.2, 0) is 28.2 Å². The monoisotopic (exact) mass is 495 g/mol. The number of benzene rings is 2. The number of fused-ring (bicyclic) bond motifs is 2. The third-order valence-corrected chi connectivity index (χ3v) is 12.8. The second-order valence-corrected chi connectivity index (χ2v) is 16.7. The van der Waals surface area contributed by atoms with Crippen LogP contribution in [0.1, 0.15) is 55.9 Å². The summed E-state index contributed by atoms with van der Waals surface area (Å²) in [6.45, 7) is 16.2. The molecule has 6 heteroatoms. The van der Waals surface area contributed by atoms with Gasteiger partial charge in [0, 0.05) is 19.6 Å². The molecule has 4 rings (SSSR count). The molecule has 2 heterocycles. The number of nitrogens with zero attached hydrogens (tertiary/aromatic N) is 1. The fourth-order valence-corrected chi connectivity index (χ4v) is 6.10. The summed E-state index contributed by atoms with van der Waals surface area (Å²) in [6, 6.07) is 14.7. The summed E-state index contributed by atoms with van der Waals surface area (Å²) in [5.74, 6) is -0.330. The number of ether oxygens (including phenoxy) is 1. The highest BCUT2D eigenvalue weighted by molar-refractivity contribution is 6.74. The molecule has 1 unspecified atom stereocenters.